The van der Waals surface area contributed by atoms with Gasteiger partial charge in [0.2, 0.25) is 70.9 Å². The Bertz CT molecular complexity index is 2660. The van der Waals surface area contributed by atoms with Crippen molar-refractivity contribution in [2.45, 2.75) is 253 Å². The maximum absolute atomic E-state index is 14.4. The van der Waals surface area contributed by atoms with Crippen molar-refractivity contribution >= 4 is 88.8 Å². The molecule has 27 N–H and O–H groups in total. The summed E-state index contributed by atoms with van der Waals surface area (Å²) in [5, 5.41) is 29.3. The summed E-state index contributed by atoms with van der Waals surface area (Å²) in [6.07, 6.45) is 1.46. The average Bonchev–Trinajstić information content (AvgIpc) is 0.915. The van der Waals surface area contributed by atoms with Crippen LogP contribution >= 0.6 is 0 Å². The van der Waals surface area contributed by atoms with Gasteiger partial charge in [-0.25, -0.2) is 0 Å². The Kier molecular flexibility index (Phi) is 41.7. The molecule has 0 saturated carbocycles. The summed E-state index contributed by atoms with van der Waals surface area (Å²) in [5.41, 5.74) is 44.7. The van der Waals surface area contributed by atoms with Gasteiger partial charge in [0, 0.05) is 19.6 Å². The van der Waals surface area contributed by atoms with Crippen LogP contribution in [0.4, 0.5) is 0 Å². The van der Waals surface area contributed by atoms with Gasteiger partial charge in [-0.3, -0.25) is 72.5 Å². The molecule has 34 heteroatoms. The van der Waals surface area contributed by atoms with Crippen molar-refractivity contribution < 1.29 is 57.5 Å². The number of aliphatic imine (C=N–C) groups is 3. The number of nitrogens with two attached hydrogens (primary N) is 8. The van der Waals surface area contributed by atoms with Crippen LogP contribution in [-0.2, 0) is 57.5 Å². The predicted octanol–water partition coefficient (Wildman–Crippen LogP) is -3.37. The van der Waals surface area contributed by atoms with Crippen LogP contribution in [0.15, 0.2) is 15.0 Å². The Morgan fingerprint density at radius 3 is 0.680 bits per heavy atom. The number of guanidine groups is 3. The molecule has 0 aliphatic heterocycles. The highest BCUT2D eigenvalue weighted by Crippen LogP contribution is 2.15. The molecule has 0 aliphatic rings. The van der Waals surface area contributed by atoms with E-state index in [2.05, 4.69) is 73.5 Å². The highest BCUT2D eigenvalue weighted by molar-refractivity contribution is 5.99. The summed E-state index contributed by atoms with van der Waals surface area (Å²) in [4.78, 5) is 177. The maximum Gasteiger partial charge on any atom is 0.243 e. The van der Waals surface area contributed by atoms with E-state index in [1.165, 1.54) is 20.8 Å². The van der Waals surface area contributed by atoms with Crippen LogP contribution in [-0.4, -0.2) is 181 Å². The third kappa shape index (κ3) is 38.7. The third-order valence-electron chi connectivity index (χ3n) is 14.8. The molecule has 554 valence electrons. The summed E-state index contributed by atoms with van der Waals surface area (Å²) in [6, 6.07) is -14.6. The minimum atomic E-state index is -1.36. The molecule has 0 spiro atoms. The van der Waals surface area contributed by atoms with Crippen LogP contribution in [0.1, 0.15) is 181 Å². The molecule has 12 amide bonds. The van der Waals surface area contributed by atoms with Gasteiger partial charge in [0.05, 0.1) is 6.04 Å². The van der Waals surface area contributed by atoms with Gasteiger partial charge in [0.1, 0.15) is 66.5 Å². The minimum absolute atomic E-state index is 0.000550. The zero-order chi connectivity index (χ0) is 74.6. The first-order chi connectivity index (χ1) is 45.0. The Labute approximate surface area is 572 Å². The van der Waals surface area contributed by atoms with Crippen LogP contribution in [0.5, 0.6) is 0 Å². The molecule has 97 heavy (non-hydrogen) atoms. The Hall–Kier alpha value is -8.59. The van der Waals surface area contributed by atoms with Gasteiger partial charge in [0.15, 0.2) is 17.9 Å². The first kappa shape index (κ1) is 88.4. The van der Waals surface area contributed by atoms with Crippen molar-refractivity contribution in [2.24, 2.45) is 96.4 Å². The number of hydrogen-bond donors (Lipinski definition) is 19. The highest BCUT2D eigenvalue weighted by atomic mass is 16.2. The molecule has 0 aliphatic carbocycles. The van der Waals surface area contributed by atoms with Crippen molar-refractivity contribution in [3.63, 3.8) is 0 Å². The van der Waals surface area contributed by atoms with Crippen LogP contribution in [0, 0.1) is 35.5 Å². The van der Waals surface area contributed by atoms with Crippen molar-refractivity contribution in [2.75, 3.05) is 19.6 Å². The number of hydrogen-bond acceptors (Lipinski definition) is 16. The zero-order valence-corrected chi connectivity index (χ0v) is 59.9. The Morgan fingerprint density at radius 1 is 0.258 bits per heavy atom. The van der Waals surface area contributed by atoms with Gasteiger partial charge < -0.3 is 104 Å². The van der Waals surface area contributed by atoms with E-state index in [0.717, 1.165) is 0 Å². The fourth-order valence-electron chi connectivity index (χ4n) is 9.86. The number of amides is 12. The zero-order valence-electron chi connectivity index (χ0n) is 59.9. The molecular weight excluding hydrogens is 1260 g/mol. The second kappa shape index (κ2) is 45.8. The maximum atomic E-state index is 14.4. The van der Waals surface area contributed by atoms with Gasteiger partial charge in [-0.15, -0.1) is 0 Å². The van der Waals surface area contributed by atoms with E-state index in [1.807, 2.05) is 41.5 Å². The third-order valence-corrected chi connectivity index (χ3v) is 14.8. The Morgan fingerprint density at radius 2 is 0.454 bits per heavy atom. The standard InChI is InChI=1S/C63H120N22O12/c1-31(2)25-40(64)53(90)78-41(19-16-22-72-61(66)67)54(91)76-38(14)51(88)82-45(27-33(5)6)59(96)85-48(30-36(11)12)58(95)80-43(21-18-24-74-63(70)71)56(93)77-39(15)52(89)83-46(28-34(7)8)60(97)84-47(29-35(9)10)57(94)79-42(20-17-23-73-62(68)69)55(92)75-37(13)50(87)81-44(49(65)86)26-32(3)4/h31-48H,16-30,64H2,1-15H3,(H2,65,86)(H,75,92)(H,76,91)(H,77,93)(H,78,90)(H,79,94)(H,80,95)(H,81,87)(H,82,88)(H,83,89)(H,84,97)(H,85,96)(H4,66,67,72)(H4,68,69,73)(H4,70,71,74)/t37-,38-,39-,40-,41-,42-,43-,44-,45-,46-,47-,48-/m0/s1. The van der Waals surface area contributed by atoms with Crippen LogP contribution in [0.2, 0.25) is 0 Å². The summed E-state index contributed by atoms with van der Waals surface area (Å²) in [6.45, 7) is 26.3. The first-order valence-electron chi connectivity index (χ1n) is 33.6. The van der Waals surface area contributed by atoms with Gasteiger partial charge in [-0.1, -0.05) is 83.1 Å². The molecule has 0 fully saturated rings. The van der Waals surface area contributed by atoms with E-state index in [1.54, 1.807) is 41.5 Å². The molecule has 0 unspecified atom stereocenters. The number of rotatable bonds is 47. The fourth-order valence-corrected chi connectivity index (χ4v) is 9.86. The monoisotopic (exact) mass is 1380 g/mol. The number of primary amides is 1. The SMILES string of the molecule is CC(C)C[C@H](NC(=O)[C@H](C)NC(=O)[C@H](CCCN=C(N)N)NC(=O)[C@H](CC(C)C)NC(=O)[C@H](CC(C)C)NC(=O)[C@H](C)NC(=O)[C@H](CCCN=C(N)N)NC(=O)[C@H](CC(C)C)NC(=O)[C@H](CC(C)C)NC(=O)[C@H](C)NC(=O)[C@H](CCCN=C(N)N)NC(=O)[C@@H](N)CC(C)C)C(N)=O. The highest BCUT2D eigenvalue weighted by Gasteiger charge is 2.36. The minimum Gasteiger partial charge on any atom is -0.370 e. The Balaban J connectivity index is 6.80. The van der Waals surface area contributed by atoms with E-state index in [9.17, 15) is 57.5 Å². The molecular formula is C63H120N22O12. The molecule has 12 atom stereocenters. The lowest BCUT2D eigenvalue weighted by Gasteiger charge is -2.29. The topological polar surface area (TPSA) is 582 Å². The van der Waals surface area contributed by atoms with Crippen molar-refractivity contribution in [3.8, 4) is 0 Å². The molecule has 0 saturated heterocycles. The summed E-state index contributed by atoms with van der Waals surface area (Å²) in [7, 11) is 0. The van der Waals surface area contributed by atoms with E-state index in [-0.39, 0.29) is 144 Å². The number of nitrogens with zero attached hydrogens (tertiary/aromatic N) is 3. The largest absolute Gasteiger partial charge is 0.370 e. The van der Waals surface area contributed by atoms with Gasteiger partial charge in [-0.05, 0) is 133 Å². The van der Waals surface area contributed by atoms with Gasteiger partial charge in [0.25, 0.3) is 0 Å². The van der Waals surface area contributed by atoms with E-state index >= 15 is 0 Å². The van der Waals surface area contributed by atoms with Crippen LogP contribution in [0.3, 0.4) is 0 Å². The molecule has 0 bridgehead atoms. The molecule has 0 heterocycles. The second-order valence-electron chi connectivity index (χ2n) is 27.3. The molecule has 0 rings (SSSR count). The lowest BCUT2D eigenvalue weighted by Crippen LogP contribution is -2.60. The molecule has 0 radical (unpaired) electrons. The van der Waals surface area contributed by atoms with E-state index < -0.39 is 143 Å². The van der Waals surface area contributed by atoms with Crippen molar-refractivity contribution in [1.82, 2.24) is 58.5 Å². The van der Waals surface area contributed by atoms with E-state index in [0.29, 0.717) is 6.42 Å². The van der Waals surface area contributed by atoms with Crippen molar-refractivity contribution in [1.29, 1.82) is 0 Å². The number of carbonyl (C=O) groups excluding carboxylic acids is 12. The number of nitrogens with one attached hydrogen (secondary N) is 11. The van der Waals surface area contributed by atoms with Gasteiger partial charge in [-0.2, -0.15) is 0 Å². The first-order valence-corrected chi connectivity index (χ1v) is 33.6. The second-order valence-corrected chi connectivity index (χ2v) is 27.3. The number of carbonyl (C=O) groups is 12. The summed E-state index contributed by atoms with van der Waals surface area (Å²) < 4.78 is 0. The van der Waals surface area contributed by atoms with Crippen LogP contribution < -0.4 is 104 Å². The molecule has 0 aromatic heterocycles. The molecule has 34 nitrogen and oxygen atoms in total. The van der Waals surface area contributed by atoms with E-state index in [4.69, 9.17) is 45.9 Å². The summed E-state index contributed by atoms with van der Waals surface area (Å²) in [5.74, 6) is -10.3. The normalized spacial score (nSPS) is 15.0. The smallest absolute Gasteiger partial charge is 0.243 e. The average molecular weight is 1380 g/mol. The van der Waals surface area contributed by atoms with Crippen LogP contribution in [0.25, 0.3) is 0 Å². The fraction of sp³-hybridized carbons (Fsp3) is 0.762. The lowest BCUT2D eigenvalue weighted by atomic mass is 9.99. The van der Waals surface area contributed by atoms with Gasteiger partial charge >= 0.3 is 0 Å². The predicted molar refractivity (Wildman–Crippen MR) is 372 cm³/mol. The quantitative estimate of drug-likeness (QED) is 0.0161. The lowest BCUT2D eigenvalue weighted by molar-refractivity contribution is -0.136. The molecule has 0 aromatic carbocycles. The van der Waals surface area contributed by atoms with Crippen molar-refractivity contribution in [3.05, 3.63) is 0 Å². The molecule has 0 aromatic rings. The summed E-state index contributed by atoms with van der Waals surface area (Å²) >= 11 is 0.